The Morgan fingerprint density at radius 2 is 1.87 bits per heavy atom. The number of carbonyl (C=O) groups excluding carboxylic acids is 1. The van der Waals surface area contributed by atoms with Gasteiger partial charge in [-0.2, -0.15) is 0 Å². The van der Waals surface area contributed by atoms with E-state index in [1.165, 1.54) is 25.3 Å². The third-order valence-electron chi connectivity index (χ3n) is 4.19. The molecule has 30 heavy (non-hydrogen) atoms. The standard InChI is InChI=1S/C21H20ClNO6S/c1-27-21(24)17-7-8-20(19(22)11-17)30(25,26)23-12-15-4-2-5-16(10-15)13-28-14-18-6-3-9-29-18/h2-11,23H,12-14H2,1H3. The molecule has 2 aromatic carbocycles. The maximum Gasteiger partial charge on any atom is 0.337 e. The van der Waals surface area contributed by atoms with E-state index >= 15 is 0 Å². The van der Waals surface area contributed by atoms with Crippen molar-refractivity contribution in [3.63, 3.8) is 0 Å². The van der Waals surface area contributed by atoms with E-state index in [4.69, 9.17) is 20.8 Å². The zero-order chi connectivity index (χ0) is 21.6. The topological polar surface area (TPSA) is 94.8 Å². The SMILES string of the molecule is COC(=O)c1ccc(S(=O)(=O)NCc2cccc(COCc3ccco3)c2)c(Cl)c1. The number of esters is 1. The number of halogens is 1. The molecule has 0 atom stereocenters. The lowest BCUT2D eigenvalue weighted by atomic mass is 10.1. The molecular formula is C21H20ClNO6S. The molecule has 158 valence electrons. The van der Waals surface area contributed by atoms with Crippen molar-refractivity contribution < 1.29 is 27.1 Å². The lowest BCUT2D eigenvalue weighted by Crippen LogP contribution is -2.23. The van der Waals surface area contributed by atoms with Crippen molar-refractivity contribution in [3.8, 4) is 0 Å². The summed E-state index contributed by atoms with van der Waals surface area (Å²) in [5.41, 5.74) is 1.84. The van der Waals surface area contributed by atoms with Crippen LogP contribution in [0.1, 0.15) is 27.2 Å². The third kappa shape index (κ3) is 5.70. The molecule has 1 N–H and O–H groups in total. The summed E-state index contributed by atoms with van der Waals surface area (Å²) in [4.78, 5) is 11.4. The second-order valence-corrected chi connectivity index (χ2v) is 8.50. The number of nitrogens with one attached hydrogen (secondary N) is 1. The van der Waals surface area contributed by atoms with Crippen molar-refractivity contribution >= 4 is 27.6 Å². The van der Waals surface area contributed by atoms with Gasteiger partial charge in [-0.1, -0.05) is 35.9 Å². The van der Waals surface area contributed by atoms with Gasteiger partial charge < -0.3 is 13.9 Å². The Labute approximate surface area is 179 Å². The van der Waals surface area contributed by atoms with Crippen LogP contribution in [-0.4, -0.2) is 21.5 Å². The first-order valence-electron chi connectivity index (χ1n) is 8.94. The molecule has 0 radical (unpaired) electrons. The molecule has 3 rings (SSSR count). The summed E-state index contributed by atoms with van der Waals surface area (Å²) in [6.45, 7) is 0.787. The molecule has 0 aliphatic carbocycles. The monoisotopic (exact) mass is 449 g/mol. The van der Waals surface area contributed by atoms with Gasteiger partial charge in [0.2, 0.25) is 10.0 Å². The zero-order valence-electron chi connectivity index (χ0n) is 16.1. The third-order valence-corrected chi connectivity index (χ3v) is 6.08. The number of carbonyl (C=O) groups is 1. The van der Waals surface area contributed by atoms with E-state index < -0.39 is 16.0 Å². The van der Waals surface area contributed by atoms with E-state index in [9.17, 15) is 13.2 Å². The van der Waals surface area contributed by atoms with Gasteiger partial charge in [0.05, 0.1) is 30.6 Å². The summed E-state index contributed by atoms with van der Waals surface area (Å²) in [6.07, 6.45) is 1.58. The van der Waals surface area contributed by atoms with Crippen LogP contribution < -0.4 is 4.72 Å². The second-order valence-electron chi connectivity index (χ2n) is 6.35. The molecule has 0 saturated heterocycles. The minimum Gasteiger partial charge on any atom is -0.467 e. The van der Waals surface area contributed by atoms with Crippen LogP contribution in [0.25, 0.3) is 0 Å². The number of rotatable bonds is 9. The minimum atomic E-state index is -3.88. The fourth-order valence-electron chi connectivity index (χ4n) is 2.71. The van der Waals surface area contributed by atoms with Crippen molar-refractivity contribution in [1.82, 2.24) is 4.72 Å². The van der Waals surface area contributed by atoms with Crippen molar-refractivity contribution in [2.24, 2.45) is 0 Å². The van der Waals surface area contributed by atoms with E-state index in [1.807, 2.05) is 24.3 Å². The molecular weight excluding hydrogens is 430 g/mol. The van der Waals surface area contributed by atoms with E-state index in [2.05, 4.69) is 9.46 Å². The van der Waals surface area contributed by atoms with Gasteiger partial charge in [0.15, 0.2) is 0 Å². The molecule has 0 saturated carbocycles. The first-order chi connectivity index (χ1) is 14.4. The predicted octanol–water partition coefficient (Wildman–Crippen LogP) is 3.91. The highest BCUT2D eigenvalue weighted by molar-refractivity contribution is 7.89. The molecule has 0 aliphatic heterocycles. The Morgan fingerprint density at radius 1 is 1.07 bits per heavy atom. The maximum absolute atomic E-state index is 12.6. The van der Waals surface area contributed by atoms with Crippen molar-refractivity contribution in [1.29, 1.82) is 0 Å². The van der Waals surface area contributed by atoms with Crippen LogP contribution in [-0.2, 0) is 39.3 Å². The maximum atomic E-state index is 12.6. The van der Waals surface area contributed by atoms with Crippen LogP contribution in [0.5, 0.6) is 0 Å². The van der Waals surface area contributed by atoms with E-state index in [1.54, 1.807) is 18.4 Å². The Kier molecular flexibility index (Phi) is 7.28. The summed E-state index contributed by atoms with van der Waals surface area (Å²) >= 11 is 6.07. The van der Waals surface area contributed by atoms with Crippen LogP contribution in [0.2, 0.25) is 5.02 Å². The minimum absolute atomic E-state index is 0.0644. The fourth-order valence-corrected chi connectivity index (χ4v) is 4.27. The second kappa shape index (κ2) is 9.90. The first-order valence-corrected chi connectivity index (χ1v) is 10.8. The Morgan fingerprint density at radius 3 is 2.57 bits per heavy atom. The Balaban J connectivity index is 1.62. The number of hydrogen-bond acceptors (Lipinski definition) is 6. The van der Waals surface area contributed by atoms with Gasteiger partial charge in [-0.05, 0) is 41.5 Å². The van der Waals surface area contributed by atoms with Crippen LogP contribution in [0, 0.1) is 0 Å². The van der Waals surface area contributed by atoms with Crippen LogP contribution in [0.15, 0.2) is 70.2 Å². The van der Waals surface area contributed by atoms with Crippen molar-refractivity contribution in [2.45, 2.75) is 24.7 Å². The van der Waals surface area contributed by atoms with E-state index in [0.29, 0.717) is 13.2 Å². The van der Waals surface area contributed by atoms with Crippen molar-refractivity contribution in [3.05, 3.63) is 88.3 Å². The van der Waals surface area contributed by atoms with E-state index in [0.717, 1.165) is 16.9 Å². The molecule has 1 heterocycles. The molecule has 0 unspecified atom stereocenters. The highest BCUT2D eigenvalue weighted by Gasteiger charge is 2.19. The summed E-state index contributed by atoms with van der Waals surface area (Å²) in [5, 5.41) is -0.0644. The van der Waals surface area contributed by atoms with Gasteiger partial charge in [-0.3, -0.25) is 0 Å². The average Bonchev–Trinajstić information content (AvgIpc) is 3.25. The molecule has 0 aliphatic rings. The molecule has 0 spiro atoms. The summed E-state index contributed by atoms with van der Waals surface area (Å²) in [6, 6.07) is 14.9. The van der Waals surface area contributed by atoms with Crippen LogP contribution in [0.4, 0.5) is 0 Å². The number of methoxy groups -OCH3 is 1. The first kappa shape index (κ1) is 22.0. The highest BCUT2D eigenvalue weighted by Crippen LogP contribution is 2.23. The smallest absolute Gasteiger partial charge is 0.337 e. The van der Waals surface area contributed by atoms with Gasteiger partial charge in [0.25, 0.3) is 0 Å². The summed E-state index contributed by atoms with van der Waals surface area (Å²) in [5.74, 6) is 0.133. The summed E-state index contributed by atoms with van der Waals surface area (Å²) < 4.78 is 43.2. The van der Waals surface area contributed by atoms with Crippen LogP contribution >= 0.6 is 11.6 Å². The van der Waals surface area contributed by atoms with E-state index in [-0.39, 0.29) is 22.0 Å². The van der Waals surface area contributed by atoms with Gasteiger partial charge in [0.1, 0.15) is 17.3 Å². The van der Waals surface area contributed by atoms with Crippen LogP contribution in [0.3, 0.4) is 0 Å². The Bertz CT molecular complexity index is 1110. The highest BCUT2D eigenvalue weighted by atomic mass is 35.5. The summed E-state index contributed by atoms with van der Waals surface area (Å²) in [7, 11) is -2.64. The van der Waals surface area contributed by atoms with Crippen molar-refractivity contribution in [2.75, 3.05) is 7.11 Å². The molecule has 3 aromatic rings. The number of benzene rings is 2. The molecule has 9 heteroatoms. The fraction of sp³-hybridized carbons (Fsp3) is 0.190. The zero-order valence-corrected chi connectivity index (χ0v) is 17.7. The quantitative estimate of drug-likeness (QED) is 0.497. The normalized spacial score (nSPS) is 11.4. The number of hydrogen-bond donors (Lipinski definition) is 1. The molecule has 0 bridgehead atoms. The molecule has 7 nitrogen and oxygen atoms in total. The molecule has 1 aromatic heterocycles. The molecule has 0 amide bonds. The van der Waals surface area contributed by atoms with Gasteiger partial charge in [-0.25, -0.2) is 17.9 Å². The van der Waals surface area contributed by atoms with Gasteiger partial charge in [0, 0.05) is 6.54 Å². The number of sulfonamides is 1. The van der Waals surface area contributed by atoms with Gasteiger partial charge >= 0.3 is 5.97 Å². The molecule has 0 fully saturated rings. The largest absolute Gasteiger partial charge is 0.467 e. The lowest BCUT2D eigenvalue weighted by molar-refractivity contribution is 0.0600. The lowest BCUT2D eigenvalue weighted by Gasteiger charge is -2.10. The Hall–Kier alpha value is -2.65. The van der Waals surface area contributed by atoms with Gasteiger partial charge in [-0.15, -0.1) is 0 Å². The predicted molar refractivity (Wildman–Crippen MR) is 110 cm³/mol. The number of furan rings is 1. The average molecular weight is 450 g/mol. The number of ether oxygens (including phenoxy) is 2.